The zero-order valence-electron chi connectivity index (χ0n) is 23.1. The number of carbonyl (C=O) groups is 2. The maximum atomic E-state index is 13.3. The molecule has 1 aliphatic heterocycles. The van der Waals surface area contributed by atoms with Crippen LogP contribution in [0.3, 0.4) is 0 Å². The van der Waals surface area contributed by atoms with Crippen molar-refractivity contribution < 1.29 is 23.8 Å². The van der Waals surface area contributed by atoms with Crippen LogP contribution in [0.25, 0.3) is 22.2 Å². The van der Waals surface area contributed by atoms with Gasteiger partial charge < -0.3 is 24.1 Å². The molecule has 1 atom stereocenters. The molecule has 2 aromatic carbocycles. The number of aromatic amines is 1. The van der Waals surface area contributed by atoms with Crippen molar-refractivity contribution in [3.63, 3.8) is 0 Å². The highest BCUT2D eigenvalue weighted by Crippen LogP contribution is 2.33. The second-order valence-corrected chi connectivity index (χ2v) is 10.6. The number of H-pyrrole nitrogens is 1. The fourth-order valence-electron chi connectivity index (χ4n) is 4.62. The van der Waals surface area contributed by atoms with Crippen molar-refractivity contribution in [3.05, 3.63) is 78.2 Å². The highest BCUT2D eigenvalue weighted by Gasteiger charge is 2.37. The Kier molecular flexibility index (Phi) is 7.59. The minimum Gasteiger partial charge on any atom is -0.480 e. The molecule has 0 unspecified atom stereocenters. The van der Waals surface area contributed by atoms with Gasteiger partial charge in [-0.2, -0.15) is 0 Å². The average Bonchev–Trinajstić information content (AvgIpc) is 3.44. The van der Waals surface area contributed by atoms with Gasteiger partial charge >= 0.3 is 12.2 Å². The van der Waals surface area contributed by atoms with Crippen LogP contribution in [0.1, 0.15) is 38.2 Å². The molecule has 1 N–H and O–H groups in total. The van der Waals surface area contributed by atoms with E-state index in [4.69, 9.17) is 14.2 Å². The van der Waals surface area contributed by atoms with E-state index in [0.717, 1.165) is 22.0 Å². The standard InChI is InChI=1S/C30H33N5O5/c1-30(2,3)40-28(36)34-14-15-35(29(37)39-19-20-10-6-5-7-11-20)25(18-34)26-31-17-24(32-26)22-16-21-12-8-9-13-23(21)33-27(22)38-4/h5-13,16-17,25H,14-15,18-19H2,1-4H3,(H,31,32)/t25-/m0/s1. The van der Waals surface area contributed by atoms with E-state index < -0.39 is 23.8 Å². The first kappa shape index (κ1) is 27.0. The lowest BCUT2D eigenvalue weighted by molar-refractivity contribution is -0.000128. The molecule has 5 rings (SSSR count). The van der Waals surface area contributed by atoms with Crippen LogP contribution < -0.4 is 4.74 Å². The van der Waals surface area contributed by atoms with Crippen molar-refractivity contribution in [2.75, 3.05) is 26.7 Å². The predicted molar refractivity (Wildman–Crippen MR) is 150 cm³/mol. The summed E-state index contributed by atoms with van der Waals surface area (Å²) in [4.78, 5) is 42.0. The molecule has 0 saturated carbocycles. The number of amides is 2. The molecule has 40 heavy (non-hydrogen) atoms. The molecule has 4 aromatic rings. The fourth-order valence-corrected chi connectivity index (χ4v) is 4.62. The minimum atomic E-state index is -0.643. The predicted octanol–water partition coefficient (Wildman–Crippen LogP) is 5.56. The molecule has 10 heteroatoms. The van der Waals surface area contributed by atoms with Gasteiger partial charge in [-0.25, -0.2) is 19.6 Å². The summed E-state index contributed by atoms with van der Waals surface area (Å²) in [5, 5.41) is 0.953. The number of nitrogens with one attached hydrogen (secondary N) is 1. The zero-order chi connectivity index (χ0) is 28.3. The Hall–Kier alpha value is -4.60. The molecule has 1 aliphatic rings. The maximum Gasteiger partial charge on any atom is 0.410 e. The maximum absolute atomic E-state index is 13.3. The van der Waals surface area contributed by atoms with Crippen molar-refractivity contribution in [1.29, 1.82) is 0 Å². The van der Waals surface area contributed by atoms with Crippen LogP contribution in [-0.4, -0.2) is 69.3 Å². The van der Waals surface area contributed by atoms with Gasteiger partial charge in [0.15, 0.2) is 0 Å². The summed E-state index contributed by atoms with van der Waals surface area (Å²) < 4.78 is 16.8. The monoisotopic (exact) mass is 543 g/mol. The Balaban J connectivity index is 1.43. The van der Waals surface area contributed by atoms with Gasteiger partial charge in [-0.15, -0.1) is 0 Å². The van der Waals surface area contributed by atoms with Gasteiger partial charge in [0.1, 0.15) is 24.1 Å². The quantitative estimate of drug-likeness (QED) is 0.351. The van der Waals surface area contributed by atoms with E-state index in [2.05, 4.69) is 15.0 Å². The summed E-state index contributed by atoms with van der Waals surface area (Å²) >= 11 is 0. The number of nitrogens with zero attached hydrogens (tertiary/aromatic N) is 4. The molecular formula is C30H33N5O5. The van der Waals surface area contributed by atoms with Crippen molar-refractivity contribution in [3.8, 4) is 17.1 Å². The number of ether oxygens (including phenoxy) is 3. The second kappa shape index (κ2) is 11.3. The number of hydrogen-bond donors (Lipinski definition) is 1. The van der Waals surface area contributed by atoms with Crippen molar-refractivity contribution in [1.82, 2.24) is 24.8 Å². The summed E-state index contributed by atoms with van der Waals surface area (Å²) in [6.45, 7) is 6.36. The second-order valence-electron chi connectivity index (χ2n) is 10.6. The van der Waals surface area contributed by atoms with Gasteiger partial charge in [-0.1, -0.05) is 48.5 Å². The topological polar surface area (TPSA) is 110 Å². The molecule has 0 aliphatic carbocycles. The third-order valence-electron chi connectivity index (χ3n) is 6.56. The number of piperazine rings is 1. The lowest BCUT2D eigenvalue weighted by Gasteiger charge is -2.40. The van der Waals surface area contributed by atoms with Crippen molar-refractivity contribution in [2.24, 2.45) is 0 Å². The smallest absolute Gasteiger partial charge is 0.410 e. The third-order valence-corrected chi connectivity index (χ3v) is 6.56. The number of imidazole rings is 1. The van der Waals surface area contributed by atoms with E-state index in [1.807, 2.05) is 81.4 Å². The van der Waals surface area contributed by atoms with E-state index in [9.17, 15) is 9.59 Å². The van der Waals surface area contributed by atoms with Crippen LogP contribution in [-0.2, 0) is 16.1 Å². The van der Waals surface area contributed by atoms with Gasteiger partial charge in [-0.05, 0) is 38.5 Å². The van der Waals surface area contributed by atoms with Crippen LogP contribution >= 0.6 is 0 Å². The normalized spacial score (nSPS) is 15.7. The molecule has 1 saturated heterocycles. The van der Waals surface area contributed by atoms with Crippen LogP contribution in [0.5, 0.6) is 5.88 Å². The molecule has 2 aromatic heterocycles. The van der Waals surface area contributed by atoms with Gasteiger partial charge in [-0.3, -0.25) is 4.90 Å². The Morgan fingerprint density at radius 3 is 2.52 bits per heavy atom. The zero-order valence-corrected chi connectivity index (χ0v) is 23.1. The van der Waals surface area contributed by atoms with Crippen LogP contribution in [0.2, 0.25) is 0 Å². The summed E-state index contributed by atoms with van der Waals surface area (Å²) in [7, 11) is 1.57. The van der Waals surface area contributed by atoms with Gasteiger partial charge in [0.2, 0.25) is 5.88 Å². The Bertz CT molecular complexity index is 1500. The Labute approximate surface area is 232 Å². The largest absolute Gasteiger partial charge is 0.480 e. The number of para-hydroxylation sites is 1. The van der Waals surface area contributed by atoms with Crippen LogP contribution in [0.15, 0.2) is 66.9 Å². The molecule has 3 heterocycles. The molecule has 0 bridgehead atoms. The Morgan fingerprint density at radius 1 is 1.02 bits per heavy atom. The lowest BCUT2D eigenvalue weighted by Crippen LogP contribution is -2.53. The molecule has 0 radical (unpaired) electrons. The molecule has 0 spiro atoms. The number of fused-ring (bicyclic) bond motifs is 1. The highest BCUT2D eigenvalue weighted by atomic mass is 16.6. The van der Waals surface area contributed by atoms with E-state index >= 15 is 0 Å². The number of aromatic nitrogens is 3. The average molecular weight is 544 g/mol. The summed E-state index contributed by atoms with van der Waals surface area (Å²) in [6.07, 6.45) is 0.756. The third kappa shape index (κ3) is 6.01. The number of hydrogen-bond acceptors (Lipinski definition) is 7. The van der Waals surface area contributed by atoms with Crippen molar-refractivity contribution >= 4 is 23.1 Å². The Morgan fingerprint density at radius 2 is 1.77 bits per heavy atom. The molecule has 1 fully saturated rings. The number of methoxy groups -OCH3 is 1. The van der Waals surface area contributed by atoms with Crippen LogP contribution in [0, 0.1) is 0 Å². The van der Waals surface area contributed by atoms with Gasteiger partial charge in [0.25, 0.3) is 0 Å². The molecule has 2 amide bonds. The summed E-state index contributed by atoms with van der Waals surface area (Å²) in [5.41, 5.74) is 2.47. The van der Waals surface area contributed by atoms with E-state index in [1.54, 1.807) is 23.1 Å². The summed E-state index contributed by atoms with van der Waals surface area (Å²) in [6, 6.07) is 18.7. The number of pyridine rings is 1. The van der Waals surface area contributed by atoms with Gasteiger partial charge in [0.05, 0.1) is 36.6 Å². The highest BCUT2D eigenvalue weighted by molar-refractivity contribution is 5.85. The molecule has 10 nitrogen and oxygen atoms in total. The first-order valence-corrected chi connectivity index (χ1v) is 13.2. The van der Waals surface area contributed by atoms with E-state index in [1.165, 1.54) is 0 Å². The SMILES string of the molecule is COc1nc2ccccc2cc1-c1cnc([C@@H]2CN(C(=O)OC(C)(C)C)CCN2C(=O)OCc2ccccc2)[nH]1. The summed E-state index contributed by atoms with van der Waals surface area (Å²) in [5.74, 6) is 0.960. The van der Waals surface area contributed by atoms with E-state index in [-0.39, 0.29) is 19.7 Å². The first-order chi connectivity index (χ1) is 19.2. The van der Waals surface area contributed by atoms with Gasteiger partial charge in [0, 0.05) is 18.5 Å². The number of carbonyl (C=O) groups excluding carboxylic acids is 2. The molecule has 208 valence electrons. The number of rotatable bonds is 5. The van der Waals surface area contributed by atoms with Crippen molar-refractivity contribution in [2.45, 2.75) is 39.0 Å². The van der Waals surface area contributed by atoms with E-state index in [0.29, 0.717) is 23.9 Å². The minimum absolute atomic E-state index is 0.141. The number of benzene rings is 2. The lowest BCUT2D eigenvalue weighted by atomic mass is 10.1. The fraction of sp³-hybridized carbons (Fsp3) is 0.333. The molecular weight excluding hydrogens is 510 g/mol. The van der Waals surface area contributed by atoms with Crippen LogP contribution in [0.4, 0.5) is 9.59 Å². The first-order valence-electron chi connectivity index (χ1n) is 13.2.